The van der Waals surface area contributed by atoms with Crippen LogP contribution in [0, 0.1) is 5.82 Å². The average molecular weight is 309 g/mol. The van der Waals surface area contributed by atoms with Gasteiger partial charge in [0.15, 0.2) is 5.03 Å². The summed E-state index contributed by atoms with van der Waals surface area (Å²) in [6, 6.07) is 8.79. The van der Waals surface area contributed by atoms with Crippen LogP contribution >= 0.6 is 0 Å². The van der Waals surface area contributed by atoms with Gasteiger partial charge in [0.25, 0.3) is 10.0 Å². The third-order valence-corrected chi connectivity index (χ3v) is 4.15. The standard InChI is InChI=1S/C14H16FN3O2S/c1-16-8-12-4-7-14(17-9-12)21(19,20)18-10-11-2-5-13(15)6-3-11/h2-7,9,16,18H,8,10H2,1H3. The first-order valence-electron chi connectivity index (χ1n) is 6.35. The van der Waals surface area contributed by atoms with Crippen molar-refractivity contribution in [1.82, 2.24) is 15.0 Å². The zero-order chi connectivity index (χ0) is 15.3. The summed E-state index contributed by atoms with van der Waals surface area (Å²) in [5.74, 6) is -0.358. The molecule has 5 nitrogen and oxygen atoms in total. The maximum Gasteiger partial charge on any atom is 0.258 e. The van der Waals surface area contributed by atoms with Gasteiger partial charge in [-0.2, -0.15) is 0 Å². The van der Waals surface area contributed by atoms with Crippen LogP contribution in [0.3, 0.4) is 0 Å². The molecule has 0 aliphatic carbocycles. The minimum atomic E-state index is -3.68. The van der Waals surface area contributed by atoms with Crippen molar-refractivity contribution in [2.75, 3.05) is 7.05 Å². The monoisotopic (exact) mass is 309 g/mol. The van der Waals surface area contributed by atoms with Gasteiger partial charge in [-0.1, -0.05) is 18.2 Å². The van der Waals surface area contributed by atoms with Gasteiger partial charge in [0.05, 0.1) is 0 Å². The van der Waals surface area contributed by atoms with Gasteiger partial charge >= 0.3 is 0 Å². The molecule has 7 heteroatoms. The molecule has 0 unspecified atom stereocenters. The van der Waals surface area contributed by atoms with Crippen molar-refractivity contribution in [3.8, 4) is 0 Å². The lowest BCUT2D eigenvalue weighted by molar-refractivity contribution is 0.577. The van der Waals surface area contributed by atoms with Crippen LogP contribution in [0.5, 0.6) is 0 Å². The molecule has 1 heterocycles. The molecule has 0 amide bonds. The first-order valence-corrected chi connectivity index (χ1v) is 7.83. The Bertz CT molecular complexity index is 685. The Morgan fingerprint density at radius 3 is 2.29 bits per heavy atom. The minimum absolute atomic E-state index is 0.0375. The molecule has 2 N–H and O–H groups in total. The van der Waals surface area contributed by atoms with E-state index in [4.69, 9.17) is 0 Å². The zero-order valence-electron chi connectivity index (χ0n) is 11.5. The van der Waals surface area contributed by atoms with Crippen LogP contribution < -0.4 is 10.0 Å². The average Bonchev–Trinajstić information content (AvgIpc) is 2.48. The molecular formula is C14H16FN3O2S. The molecule has 1 aromatic heterocycles. The molecule has 21 heavy (non-hydrogen) atoms. The Labute approximate surface area is 123 Å². The normalized spacial score (nSPS) is 11.5. The lowest BCUT2D eigenvalue weighted by atomic mass is 10.2. The molecular weight excluding hydrogens is 293 g/mol. The number of sulfonamides is 1. The number of nitrogens with zero attached hydrogens (tertiary/aromatic N) is 1. The van der Waals surface area contributed by atoms with Crippen LogP contribution in [0.25, 0.3) is 0 Å². The first kappa shape index (κ1) is 15.6. The maximum absolute atomic E-state index is 12.8. The van der Waals surface area contributed by atoms with E-state index in [1.54, 1.807) is 13.1 Å². The van der Waals surface area contributed by atoms with E-state index in [-0.39, 0.29) is 17.4 Å². The predicted octanol–water partition coefficient (Wildman–Crippen LogP) is 1.42. The minimum Gasteiger partial charge on any atom is -0.316 e. The maximum atomic E-state index is 12.8. The highest BCUT2D eigenvalue weighted by atomic mass is 32.2. The fraction of sp³-hybridized carbons (Fsp3) is 0.214. The van der Waals surface area contributed by atoms with E-state index in [1.807, 2.05) is 0 Å². The predicted molar refractivity (Wildman–Crippen MR) is 77.4 cm³/mol. The van der Waals surface area contributed by atoms with Crippen molar-refractivity contribution in [2.45, 2.75) is 18.1 Å². The second kappa shape index (κ2) is 6.75. The molecule has 1 aromatic carbocycles. The number of hydrogen-bond acceptors (Lipinski definition) is 4. The Morgan fingerprint density at radius 2 is 1.71 bits per heavy atom. The van der Waals surface area contributed by atoms with Gasteiger partial charge in [0.1, 0.15) is 5.82 Å². The van der Waals surface area contributed by atoms with E-state index in [2.05, 4.69) is 15.0 Å². The summed E-state index contributed by atoms with van der Waals surface area (Å²) in [5.41, 5.74) is 1.57. The molecule has 0 aliphatic rings. The van der Waals surface area contributed by atoms with Crippen LogP contribution in [0.1, 0.15) is 11.1 Å². The lowest BCUT2D eigenvalue weighted by Crippen LogP contribution is -2.24. The summed E-state index contributed by atoms with van der Waals surface area (Å²) < 4.78 is 39.4. The van der Waals surface area contributed by atoms with E-state index in [9.17, 15) is 12.8 Å². The topological polar surface area (TPSA) is 71.1 Å². The van der Waals surface area contributed by atoms with Crippen molar-refractivity contribution in [1.29, 1.82) is 0 Å². The summed E-state index contributed by atoms with van der Waals surface area (Å²) in [6.07, 6.45) is 1.52. The van der Waals surface area contributed by atoms with Gasteiger partial charge in [-0.3, -0.25) is 0 Å². The lowest BCUT2D eigenvalue weighted by Gasteiger charge is -2.07. The largest absolute Gasteiger partial charge is 0.316 e. The Hall–Kier alpha value is -1.83. The van der Waals surface area contributed by atoms with Crippen LogP contribution in [0.2, 0.25) is 0 Å². The van der Waals surface area contributed by atoms with Crippen molar-refractivity contribution in [2.24, 2.45) is 0 Å². The van der Waals surface area contributed by atoms with Gasteiger partial charge in [-0.25, -0.2) is 22.5 Å². The van der Waals surface area contributed by atoms with Crippen LogP contribution in [-0.4, -0.2) is 20.4 Å². The van der Waals surface area contributed by atoms with Crippen molar-refractivity contribution < 1.29 is 12.8 Å². The quantitative estimate of drug-likeness (QED) is 0.846. The molecule has 0 saturated carbocycles. The molecule has 2 aromatic rings. The highest BCUT2D eigenvalue weighted by Gasteiger charge is 2.15. The smallest absolute Gasteiger partial charge is 0.258 e. The number of rotatable bonds is 6. The number of halogens is 1. The van der Waals surface area contributed by atoms with E-state index >= 15 is 0 Å². The highest BCUT2D eigenvalue weighted by Crippen LogP contribution is 2.08. The van der Waals surface area contributed by atoms with Gasteiger partial charge in [-0.05, 0) is 36.4 Å². The van der Waals surface area contributed by atoms with E-state index in [0.717, 1.165) is 5.56 Å². The molecule has 112 valence electrons. The van der Waals surface area contributed by atoms with E-state index in [0.29, 0.717) is 12.1 Å². The fourth-order valence-corrected chi connectivity index (χ4v) is 2.68. The van der Waals surface area contributed by atoms with Gasteiger partial charge in [0.2, 0.25) is 0 Å². The molecule has 0 spiro atoms. The molecule has 0 bridgehead atoms. The van der Waals surface area contributed by atoms with Crippen LogP contribution in [0.15, 0.2) is 47.6 Å². The first-order chi connectivity index (χ1) is 10.0. The summed E-state index contributed by atoms with van der Waals surface area (Å²) in [4.78, 5) is 3.94. The fourth-order valence-electron chi connectivity index (χ4n) is 1.73. The van der Waals surface area contributed by atoms with Gasteiger partial charge in [0, 0.05) is 19.3 Å². The van der Waals surface area contributed by atoms with Crippen molar-refractivity contribution in [3.05, 3.63) is 59.5 Å². The highest BCUT2D eigenvalue weighted by molar-refractivity contribution is 7.89. The Morgan fingerprint density at radius 1 is 1.05 bits per heavy atom. The third kappa shape index (κ3) is 4.32. The second-order valence-electron chi connectivity index (χ2n) is 4.49. The Balaban J connectivity index is 2.05. The van der Waals surface area contributed by atoms with Crippen LogP contribution in [-0.2, 0) is 23.1 Å². The summed E-state index contributed by atoms with van der Waals surface area (Å²) >= 11 is 0. The number of pyridine rings is 1. The molecule has 0 radical (unpaired) electrons. The van der Waals surface area contributed by atoms with Crippen molar-refractivity contribution >= 4 is 10.0 Å². The second-order valence-corrected chi connectivity index (χ2v) is 6.20. The SMILES string of the molecule is CNCc1ccc(S(=O)(=O)NCc2ccc(F)cc2)nc1. The van der Waals surface area contributed by atoms with Crippen molar-refractivity contribution in [3.63, 3.8) is 0 Å². The number of aromatic nitrogens is 1. The number of nitrogens with one attached hydrogen (secondary N) is 2. The van der Waals surface area contributed by atoms with E-state index in [1.165, 1.54) is 36.5 Å². The Kier molecular flexibility index (Phi) is 5.00. The van der Waals surface area contributed by atoms with E-state index < -0.39 is 10.0 Å². The molecule has 0 saturated heterocycles. The summed E-state index contributed by atoms with van der Waals surface area (Å²) in [7, 11) is -1.88. The number of hydrogen-bond donors (Lipinski definition) is 2. The summed E-state index contributed by atoms with van der Waals surface area (Å²) in [6.45, 7) is 0.707. The molecule has 0 fully saturated rings. The zero-order valence-corrected chi connectivity index (χ0v) is 12.3. The number of benzene rings is 1. The van der Waals surface area contributed by atoms with Gasteiger partial charge in [-0.15, -0.1) is 0 Å². The molecule has 2 rings (SSSR count). The molecule has 0 atom stereocenters. The summed E-state index contributed by atoms with van der Waals surface area (Å²) in [5, 5.41) is 2.92. The van der Waals surface area contributed by atoms with Crippen LogP contribution in [0.4, 0.5) is 4.39 Å². The molecule has 0 aliphatic heterocycles. The third-order valence-electron chi connectivity index (χ3n) is 2.83. The van der Waals surface area contributed by atoms with Gasteiger partial charge < -0.3 is 5.32 Å².